The lowest BCUT2D eigenvalue weighted by Crippen LogP contribution is -2.19. The summed E-state index contributed by atoms with van der Waals surface area (Å²) in [7, 11) is 0. The lowest BCUT2D eigenvalue weighted by molar-refractivity contribution is 0.589. The van der Waals surface area contributed by atoms with Crippen LogP contribution >= 0.6 is 0 Å². The largest absolute Gasteiger partial charge is 0.371 e. The van der Waals surface area contributed by atoms with E-state index in [9.17, 15) is 4.39 Å². The van der Waals surface area contributed by atoms with Gasteiger partial charge in [-0.1, -0.05) is 18.2 Å². The maximum absolute atomic E-state index is 13.7. The van der Waals surface area contributed by atoms with Gasteiger partial charge >= 0.3 is 0 Å². The summed E-state index contributed by atoms with van der Waals surface area (Å²) < 4.78 is 13.7. The zero-order valence-electron chi connectivity index (χ0n) is 10.1. The molecule has 1 aromatic heterocycles. The number of aromatic nitrogens is 1. The molecular weight excluding hydrogens is 227 g/mol. The summed E-state index contributed by atoms with van der Waals surface area (Å²) in [6, 6.07) is 11.1. The smallest absolute Gasteiger partial charge is 0.126 e. The molecule has 1 aliphatic rings. The zero-order chi connectivity index (χ0) is 12.4. The van der Waals surface area contributed by atoms with Crippen molar-refractivity contribution in [3.8, 4) is 0 Å². The van der Waals surface area contributed by atoms with Crippen LogP contribution < -0.4 is 4.90 Å². The highest BCUT2D eigenvalue weighted by Crippen LogP contribution is 2.31. The summed E-state index contributed by atoms with van der Waals surface area (Å²) in [5, 5.41) is 0. The molecule has 0 aliphatic carbocycles. The highest BCUT2D eigenvalue weighted by Gasteiger charge is 2.25. The summed E-state index contributed by atoms with van der Waals surface area (Å²) in [5.41, 5.74) is 2.01. The molecule has 2 nitrogen and oxygen atoms in total. The Kier molecular flexibility index (Phi) is 2.97. The Balaban J connectivity index is 1.78. The quantitative estimate of drug-likeness (QED) is 0.804. The van der Waals surface area contributed by atoms with Crippen LogP contribution in [0.25, 0.3) is 0 Å². The van der Waals surface area contributed by atoms with Crippen LogP contribution in [0.2, 0.25) is 0 Å². The first-order chi connectivity index (χ1) is 8.84. The van der Waals surface area contributed by atoms with Gasteiger partial charge < -0.3 is 4.90 Å². The third kappa shape index (κ3) is 2.08. The number of halogens is 1. The maximum atomic E-state index is 13.7. The van der Waals surface area contributed by atoms with E-state index in [0.717, 1.165) is 25.1 Å². The Morgan fingerprint density at radius 2 is 1.89 bits per heavy atom. The molecule has 1 fully saturated rings. The van der Waals surface area contributed by atoms with Crippen molar-refractivity contribution in [3.05, 3.63) is 60.2 Å². The summed E-state index contributed by atoms with van der Waals surface area (Å²) in [4.78, 5) is 6.31. The van der Waals surface area contributed by atoms with Crippen LogP contribution in [-0.2, 0) is 0 Å². The second kappa shape index (κ2) is 4.77. The predicted molar refractivity (Wildman–Crippen MR) is 70.2 cm³/mol. The third-order valence-electron chi connectivity index (χ3n) is 3.56. The Morgan fingerprint density at radius 1 is 1.11 bits per heavy atom. The van der Waals surface area contributed by atoms with Gasteiger partial charge in [0.05, 0.1) is 0 Å². The minimum atomic E-state index is -0.0842. The maximum Gasteiger partial charge on any atom is 0.126 e. The molecule has 2 heterocycles. The van der Waals surface area contributed by atoms with Gasteiger partial charge in [0.2, 0.25) is 0 Å². The van der Waals surface area contributed by atoms with Gasteiger partial charge in [-0.25, -0.2) is 4.39 Å². The first-order valence-corrected chi connectivity index (χ1v) is 6.24. The molecule has 1 aliphatic heterocycles. The molecule has 0 amide bonds. The van der Waals surface area contributed by atoms with Gasteiger partial charge in [0.25, 0.3) is 0 Å². The monoisotopic (exact) mass is 242 g/mol. The number of nitrogens with zero attached hydrogens (tertiary/aromatic N) is 2. The van der Waals surface area contributed by atoms with Crippen LogP contribution in [-0.4, -0.2) is 18.1 Å². The van der Waals surface area contributed by atoms with Crippen molar-refractivity contribution in [2.24, 2.45) is 0 Å². The fourth-order valence-electron chi connectivity index (χ4n) is 2.61. The summed E-state index contributed by atoms with van der Waals surface area (Å²) in [5.74, 6) is 0.207. The SMILES string of the molecule is Fc1ccccc1[C@@H]1CCN(c2ccncc2)C1. The summed E-state index contributed by atoms with van der Waals surface area (Å²) >= 11 is 0. The second-order valence-electron chi connectivity index (χ2n) is 4.66. The number of anilines is 1. The van der Waals surface area contributed by atoms with Crippen molar-refractivity contribution in [2.75, 3.05) is 18.0 Å². The molecule has 0 N–H and O–H groups in total. The zero-order valence-corrected chi connectivity index (χ0v) is 10.1. The van der Waals surface area contributed by atoms with Crippen molar-refractivity contribution in [2.45, 2.75) is 12.3 Å². The molecular formula is C15H15FN2. The number of rotatable bonds is 2. The third-order valence-corrected chi connectivity index (χ3v) is 3.56. The van der Waals surface area contributed by atoms with Gasteiger partial charge in [-0.15, -0.1) is 0 Å². The van der Waals surface area contributed by atoms with E-state index in [1.165, 1.54) is 5.69 Å². The molecule has 0 unspecified atom stereocenters. The molecule has 18 heavy (non-hydrogen) atoms. The molecule has 0 spiro atoms. The Labute approximate surface area is 106 Å². The van der Waals surface area contributed by atoms with Gasteiger partial charge in [0.1, 0.15) is 5.82 Å². The van der Waals surface area contributed by atoms with Crippen molar-refractivity contribution in [1.82, 2.24) is 4.98 Å². The van der Waals surface area contributed by atoms with Gasteiger partial charge in [0, 0.05) is 37.1 Å². The molecule has 1 aromatic carbocycles. The van der Waals surface area contributed by atoms with E-state index in [0.29, 0.717) is 5.92 Å². The lowest BCUT2D eigenvalue weighted by atomic mass is 9.98. The van der Waals surface area contributed by atoms with Crippen LogP contribution in [0, 0.1) is 5.82 Å². The molecule has 0 saturated carbocycles. The lowest BCUT2D eigenvalue weighted by Gasteiger charge is -2.18. The predicted octanol–water partition coefficient (Wildman–Crippen LogP) is 3.21. The van der Waals surface area contributed by atoms with Gasteiger partial charge in [-0.05, 0) is 30.2 Å². The molecule has 0 bridgehead atoms. The standard InChI is InChI=1S/C15H15FN2/c16-15-4-2-1-3-14(15)12-7-10-18(11-12)13-5-8-17-9-6-13/h1-6,8-9,12H,7,10-11H2/t12-/m1/s1. The minimum absolute atomic E-state index is 0.0842. The fourth-order valence-corrected chi connectivity index (χ4v) is 2.61. The first-order valence-electron chi connectivity index (χ1n) is 6.24. The molecule has 3 rings (SSSR count). The van der Waals surface area contributed by atoms with Crippen molar-refractivity contribution < 1.29 is 4.39 Å². The van der Waals surface area contributed by atoms with Gasteiger partial charge in [-0.3, -0.25) is 4.98 Å². The molecule has 2 aromatic rings. The van der Waals surface area contributed by atoms with Crippen LogP contribution in [0.5, 0.6) is 0 Å². The Hall–Kier alpha value is -1.90. The van der Waals surface area contributed by atoms with E-state index in [1.807, 2.05) is 24.3 Å². The Morgan fingerprint density at radius 3 is 2.67 bits per heavy atom. The molecule has 92 valence electrons. The van der Waals surface area contributed by atoms with Crippen LogP contribution in [0.3, 0.4) is 0 Å². The average Bonchev–Trinajstić information content (AvgIpc) is 2.90. The minimum Gasteiger partial charge on any atom is -0.371 e. The summed E-state index contributed by atoms with van der Waals surface area (Å²) in [6.07, 6.45) is 4.60. The fraction of sp³-hybridized carbons (Fsp3) is 0.267. The van der Waals surface area contributed by atoms with E-state index in [4.69, 9.17) is 0 Å². The number of hydrogen-bond acceptors (Lipinski definition) is 2. The summed E-state index contributed by atoms with van der Waals surface area (Å²) in [6.45, 7) is 1.86. The van der Waals surface area contributed by atoms with E-state index < -0.39 is 0 Å². The van der Waals surface area contributed by atoms with Gasteiger partial charge in [-0.2, -0.15) is 0 Å². The van der Waals surface area contributed by atoms with E-state index in [-0.39, 0.29) is 5.82 Å². The number of benzene rings is 1. The first kappa shape index (κ1) is 11.2. The topological polar surface area (TPSA) is 16.1 Å². The van der Waals surface area contributed by atoms with Gasteiger partial charge in [0.15, 0.2) is 0 Å². The highest BCUT2D eigenvalue weighted by molar-refractivity contribution is 5.46. The highest BCUT2D eigenvalue weighted by atomic mass is 19.1. The van der Waals surface area contributed by atoms with Crippen molar-refractivity contribution in [1.29, 1.82) is 0 Å². The molecule has 0 radical (unpaired) electrons. The number of hydrogen-bond donors (Lipinski definition) is 0. The number of pyridine rings is 1. The molecule has 1 saturated heterocycles. The van der Waals surface area contributed by atoms with E-state index in [1.54, 1.807) is 24.5 Å². The Bertz CT molecular complexity index is 527. The van der Waals surface area contributed by atoms with Crippen molar-refractivity contribution in [3.63, 3.8) is 0 Å². The normalized spacial score (nSPS) is 19.2. The van der Waals surface area contributed by atoms with Crippen LogP contribution in [0.4, 0.5) is 10.1 Å². The molecule has 1 atom stereocenters. The van der Waals surface area contributed by atoms with Crippen LogP contribution in [0.15, 0.2) is 48.8 Å². The van der Waals surface area contributed by atoms with E-state index in [2.05, 4.69) is 9.88 Å². The van der Waals surface area contributed by atoms with E-state index >= 15 is 0 Å². The average molecular weight is 242 g/mol. The van der Waals surface area contributed by atoms with Crippen molar-refractivity contribution >= 4 is 5.69 Å². The second-order valence-corrected chi connectivity index (χ2v) is 4.66. The van der Waals surface area contributed by atoms with Crippen LogP contribution in [0.1, 0.15) is 17.9 Å². The molecule has 3 heteroatoms.